The smallest absolute Gasteiger partial charge is 0.263 e. The molecule has 1 N–H and O–H groups in total. The first-order valence-electron chi connectivity index (χ1n) is 7.66. The molecule has 1 heterocycles. The molecule has 0 radical (unpaired) electrons. The molecule has 2 aromatic carbocycles. The first-order valence-corrected chi connectivity index (χ1v) is 8.89. The van der Waals surface area contributed by atoms with Crippen LogP contribution in [0, 0.1) is 6.92 Å². The van der Waals surface area contributed by atoms with Gasteiger partial charge in [-0.15, -0.1) is 0 Å². The van der Waals surface area contributed by atoms with Crippen molar-refractivity contribution in [1.29, 1.82) is 0 Å². The summed E-state index contributed by atoms with van der Waals surface area (Å²) in [7, 11) is 1.60. The lowest BCUT2D eigenvalue weighted by Gasteiger charge is -2.12. The highest BCUT2D eigenvalue weighted by molar-refractivity contribution is 8.26. The van der Waals surface area contributed by atoms with Crippen LogP contribution >= 0.6 is 24.0 Å². The third kappa shape index (κ3) is 4.41. The molecule has 1 aliphatic heterocycles. The number of carbonyl (C=O) groups excluding carboxylic acids is 1. The first kappa shape index (κ1) is 17.5. The van der Waals surface area contributed by atoms with E-state index in [-0.39, 0.29) is 5.91 Å². The van der Waals surface area contributed by atoms with Gasteiger partial charge >= 0.3 is 0 Å². The van der Waals surface area contributed by atoms with Gasteiger partial charge in [-0.05, 0) is 36.3 Å². The summed E-state index contributed by atoms with van der Waals surface area (Å²) in [5.74, 6) is 1.10. The van der Waals surface area contributed by atoms with E-state index >= 15 is 0 Å². The third-order valence-electron chi connectivity index (χ3n) is 3.64. The van der Waals surface area contributed by atoms with Crippen molar-refractivity contribution in [3.05, 3.63) is 64.1 Å². The van der Waals surface area contributed by atoms with E-state index < -0.39 is 0 Å². The first-order chi connectivity index (χ1) is 12.0. The summed E-state index contributed by atoms with van der Waals surface area (Å²) >= 11 is 6.26. The van der Waals surface area contributed by atoms with Crippen molar-refractivity contribution in [2.75, 3.05) is 7.11 Å². The Labute approximate surface area is 156 Å². The predicted molar refractivity (Wildman–Crippen MR) is 105 cm³/mol. The van der Waals surface area contributed by atoms with Crippen molar-refractivity contribution in [3.8, 4) is 11.5 Å². The number of hydrogen-bond acceptors (Lipinski definition) is 5. The number of rotatable bonds is 5. The quantitative estimate of drug-likeness (QED) is 0.634. The Bertz CT molecular complexity index is 844. The van der Waals surface area contributed by atoms with Gasteiger partial charge in [-0.2, -0.15) is 0 Å². The summed E-state index contributed by atoms with van der Waals surface area (Å²) in [6, 6.07) is 13.7. The van der Waals surface area contributed by atoms with Crippen LogP contribution in [-0.4, -0.2) is 17.3 Å². The zero-order valence-corrected chi connectivity index (χ0v) is 15.5. The van der Waals surface area contributed by atoms with Crippen LogP contribution in [0.3, 0.4) is 0 Å². The van der Waals surface area contributed by atoms with Crippen molar-refractivity contribution in [2.24, 2.45) is 0 Å². The second kappa shape index (κ2) is 7.72. The molecule has 0 aromatic heterocycles. The molecule has 0 unspecified atom stereocenters. The predicted octanol–water partition coefficient (Wildman–Crippen LogP) is 4.07. The molecule has 2 aromatic rings. The molecule has 0 bridgehead atoms. The van der Waals surface area contributed by atoms with Crippen molar-refractivity contribution in [1.82, 2.24) is 5.32 Å². The molecule has 0 aliphatic carbocycles. The van der Waals surface area contributed by atoms with Crippen LogP contribution in [-0.2, 0) is 11.4 Å². The van der Waals surface area contributed by atoms with Gasteiger partial charge in [0.1, 0.15) is 10.9 Å². The summed E-state index contributed by atoms with van der Waals surface area (Å²) in [6.07, 6.45) is 1.79. The number of thioether (sulfide) groups is 1. The Morgan fingerprint density at radius 1 is 1.16 bits per heavy atom. The van der Waals surface area contributed by atoms with E-state index in [0.717, 1.165) is 11.1 Å². The highest BCUT2D eigenvalue weighted by atomic mass is 32.2. The molecule has 128 valence electrons. The number of carbonyl (C=O) groups is 1. The molecule has 1 fully saturated rings. The SMILES string of the molecule is COc1ccc(/C=C2/SC(=S)NC2=O)cc1OCc1ccc(C)cc1. The van der Waals surface area contributed by atoms with Gasteiger partial charge in [0.2, 0.25) is 0 Å². The van der Waals surface area contributed by atoms with E-state index in [0.29, 0.717) is 27.3 Å². The summed E-state index contributed by atoms with van der Waals surface area (Å²) in [5, 5.41) is 2.61. The van der Waals surface area contributed by atoms with Crippen molar-refractivity contribution in [3.63, 3.8) is 0 Å². The topological polar surface area (TPSA) is 47.6 Å². The summed E-state index contributed by atoms with van der Waals surface area (Å²) in [4.78, 5) is 12.4. The van der Waals surface area contributed by atoms with Crippen LogP contribution in [0.5, 0.6) is 11.5 Å². The van der Waals surface area contributed by atoms with Gasteiger partial charge in [-0.3, -0.25) is 4.79 Å². The Hall–Kier alpha value is -2.31. The number of ether oxygens (including phenoxy) is 2. The maximum atomic E-state index is 11.8. The third-order valence-corrected chi connectivity index (χ3v) is 4.81. The molecule has 25 heavy (non-hydrogen) atoms. The molecule has 1 saturated heterocycles. The fourth-order valence-electron chi connectivity index (χ4n) is 2.31. The number of amides is 1. The van der Waals surface area contributed by atoms with E-state index in [9.17, 15) is 4.79 Å². The van der Waals surface area contributed by atoms with E-state index in [2.05, 4.69) is 17.4 Å². The Morgan fingerprint density at radius 2 is 1.92 bits per heavy atom. The van der Waals surface area contributed by atoms with E-state index in [1.807, 2.05) is 37.3 Å². The lowest BCUT2D eigenvalue weighted by atomic mass is 10.1. The minimum Gasteiger partial charge on any atom is -0.493 e. The van der Waals surface area contributed by atoms with Gasteiger partial charge in [-0.25, -0.2) is 0 Å². The summed E-state index contributed by atoms with van der Waals surface area (Å²) in [6.45, 7) is 2.49. The zero-order chi connectivity index (χ0) is 17.8. The van der Waals surface area contributed by atoms with Gasteiger partial charge in [-0.1, -0.05) is 59.9 Å². The monoisotopic (exact) mass is 371 g/mol. The van der Waals surface area contributed by atoms with Gasteiger partial charge in [0, 0.05) is 0 Å². The Kier molecular flexibility index (Phi) is 5.40. The van der Waals surface area contributed by atoms with Crippen LogP contribution in [0.15, 0.2) is 47.4 Å². The minimum atomic E-state index is -0.173. The lowest BCUT2D eigenvalue weighted by molar-refractivity contribution is -0.115. The van der Waals surface area contributed by atoms with E-state index in [4.69, 9.17) is 21.7 Å². The fourth-order valence-corrected chi connectivity index (χ4v) is 3.36. The van der Waals surface area contributed by atoms with Crippen LogP contribution < -0.4 is 14.8 Å². The highest BCUT2D eigenvalue weighted by Gasteiger charge is 2.22. The molecule has 3 rings (SSSR count). The van der Waals surface area contributed by atoms with Crippen LogP contribution in [0.2, 0.25) is 0 Å². The largest absolute Gasteiger partial charge is 0.493 e. The highest BCUT2D eigenvalue weighted by Crippen LogP contribution is 2.32. The molecule has 4 nitrogen and oxygen atoms in total. The Balaban J connectivity index is 1.80. The average molecular weight is 371 g/mol. The molecule has 1 aliphatic rings. The van der Waals surface area contributed by atoms with Gasteiger partial charge in [0.25, 0.3) is 5.91 Å². The summed E-state index contributed by atoms with van der Waals surface area (Å²) < 4.78 is 11.8. The number of benzene rings is 2. The molecular weight excluding hydrogens is 354 g/mol. The maximum Gasteiger partial charge on any atom is 0.263 e. The fraction of sp³-hybridized carbons (Fsp3) is 0.158. The summed E-state index contributed by atoms with van der Waals surface area (Å²) in [5.41, 5.74) is 3.13. The van der Waals surface area contributed by atoms with Gasteiger partial charge in [0.15, 0.2) is 11.5 Å². The molecule has 0 atom stereocenters. The van der Waals surface area contributed by atoms with Crippen molar-refractivity contribution < 1.29 is 14.3 Å². The number of nitrogens with one attached hydrogen (secondary N) is 1. The zero-order valence-electron chi connectivity index (χ0n) is 13.9. The van der Waals surface area contributed by atoms with Gasteiger partial charge in [0.05, 0.1) is 12.0 Å². The van der Waals surface area contributed by atoms with E-state index in [1.165, 1.54) is 17.3 Å². The number of methoxy groups -OCH3 is 1. The number of thiocarbonyl (C=S) groups is 1. The minimum absolute atomic E-state index is 0.173. The molecular formula is C19H17NO3S2. The van der Waals surface area contributed by atoms with Crippen LogP contribution in [0.25, 0.3) is 6.08 Å². The second-order valence-corrected chi connectivity index (χ2v) is 7.26. The van der Waals surface area contributed by atoms with Crippen molar-refractivity contribution >= 4 is 40.3 Å². The molecule has 0 saturated carbocycles. The normalized spacial score (nSPS) is 15.4. The van der Waals surface area contributed by atoms with Crippen LogP contribution in [0.4, 0.5) is 0 Å². The average Bonchev–Trinajstić information content (AvgIpc) is 2.92. The second-order valence-electron chi connectivity index (χ2n) is 5.54. The number of hydrogen-bond donors (Lipinski definition) is 1. The van der Waals surface area contributed by atoms with E-state index in [1.54, 1.807) is 13.2 Å². The Morgan fingerprint density at radius 3 is 2.56 bits per heavy atom. The van der Waals surface area contributed by atoms with Crippen molar-refractivity contribution in [2.45, 2.75) is 13.5 Å². The molecule has 1 amide bonds. The molecule has 0 spiro atoms. The lowest BCUT2D eigenvalue weighted by Crippen LogP contribution is -2.17. The molecule has 6 heteroatoms. The standard InChI is InChI=1S/C19H17NO3S2/c1-12-3-5-13(6-4-12)11-23-16-9-14(7-8-15(16)22-2)10-17-18(21)20-19(24)25-17/h3-10H,11H2,1-2H3,(H,20,21,24)/b17-10+. The van der Waals surface area contributed by atoms with Gasteiger partial charge < -0.3 is 14.8 Å². The number of aryl methyl sites for hydroxylation is 1. The van der Waals surface area contributed by atoms with Crippen LogP contribution in [0.1, 0.15) is 16.7 Å². The maximum absolute atomic E-state index is 11.8.